The van der Waals surface area contributed by atoms with Crippen LogP contribution in [-0.2, 0) is 4.74 Å². The molecule has 2 aromatic rings. The lowest BCUT2D eigenvalue weighted by molar-refractivity contribution is 0.0970. The second-order valence-electron chi connectivity index (χ2n) is 6.84. The van der Waals surface area contributed by atoms with Crippen molar-refractivity contribution in [2.24, 2.45) is 5.92 Å². The third-order valence-electron chi connectivity index (χ3n) is 4.93. The molecule has 1 aliphatic rings. The van der Waals surface area contributed by atoms with Crippen LogP contribution < -0.4 is 4.74 Å². The summed E-state index contributed by atoms with van der Waals surface area (Å²) in [6.45, 7) is 3.44. The molecule has 3 rings (SSSR count). The Balaban J connectivity index is 1.65. The van der Waals surface area contributed by atoms with Crippen molar-refractivity contribution in [3.8, 4) is 11.5 Å². The highest BCUT2D eigenvalue weighted by Gasteiger charge is 2.31. The van der Waals surface area contributed by atoms with Crippen LogP contribution in [0.15, 0.2) is 54.6 Å². The Morgan fingerprint density at radius 3 is 2.37 bits per heavy atom. The van der Waals surface area contributed by atoms with E-state index in [-0.39, 0.29) is 11.0 Å². The molecule has 0 bridgehead atoms. The summed E-state index contributed by atoms with van der Waals surface area (Å²) in [6.07, 6.45) is 4.80. The summed E-state index contributed by atoms with van der Waals surface area (Å²) in [5.74, 6) is 3.15. The van der Waals surface area contributed by atoms with Crippen LogP contribution in [0.1, 0.15) is 43.0 Å². The SMILES string of the molecule is CCOCCSC(C(=O)c1ccc(Oc2ccccc2)cc1)C1CCCC1. The molecule has 0 heterocycles. The molecule has 1 atom stereocenters. The first-order valence-electron chi connectivity index (χ1n) is 9.84. The molecule has 0 amide bonds. The highest BCUT2D eigenvalue weighted by molar-refractivity contribution is 8.00. The van der Waals surface area contributed by atoms with Crippen LogP contribution in [0.25, 0.3) is 0 Å². The quantitative estimate of drug-likeness (QED) is 0.372. The Bertz CT molecular complexity index is 693. The van der Waals surface area contributed by atoms with Gasteiger partial charge in [-0.15, -0.1) is 11.8 Å². The Morgan fingerprint density at radius 2 is 1.70 bits per heavy atom. The van der Waals surface area contributed by atoms with Gasteiger partial charge in [0.05, 0.1) is 11.9 Å². The number of thioether (sulfide) groups is 1. The van der Waals surface area contributed by atoms with Gasteiger partial charge in [-0.05, 0) is 62.1 Å². The maximum atomic E-state index is 13.2. The van der Waals surface area contributed by atoms with Crippen LogP contribution in [0.4, 0.5) is 0 Å². The number of rotatable bonds is 10. The molecule has 0 spiro atoms. The van der Waals surface area contributed by atoms with Gasteiger partial charge in [0.2, 0.25) is 0 Å². The van der Waals surface area contributed by atoms with E-state index in [0.29, 0.717) is 12.5 Å². The Morgan fingerprint density at radius 1 is 1.04 bits per heavy atom. The first-order chi connectivity index (χ1) is 13.3. The van der Waals surface area contributed by atoms with Gasteiger partial charge >= 0.3 is 0 Å². The van der Waals surface area contributed by atoms with E-state index in [4.69, 9.17) is 9.47 Å². The topological polar surface area (TPSA) is 35.5 Å². The largest absolute Gasteiger partial charge is 0.457 e. The molecule has 1 unspecified atom stereocenters. The van der Waals surface area contributed by atoms with Crippen molar-refractivity contribution in [2.45, 2.75) is 37.9 Å². The lowest BCUT2D eigenvalue weighted by Gasteiger charge is -2.22. The number of hydrogen-bond donors (Lipinski definition) is 0. The monoisotopic (exact) mass is 384 g/mol. The predicted octanol–water partition coefficient (Wildman–Crippen LogP) is 5.99. The third kappa shape index (κ3) is 5.85. The fourth-order valence-electron chi connectivity index (χ4n) is 3.54. The molecule has 144 valence electrons. The van der Waals surface area contributed by atoms with Gasteiger partial charge in [-0.1, -0.05) is 31.0 Å². The standard InChI is InChI=1S/C23H28O3S/c1-2-25-16-17-27-23(19-8-6-7-9-19)22(24)18-12-14-21(15-13-18)26-20-10-4-3-5-11-20/h3-5,10-15,19,23H,2,6-9,16-17H2,1H3. The summed E-state index contributed by atoms with van der Waals surface area (Å²) >= 11 is 1.76. The van der Waals surface area contributed by atoms with Crippen molar-refractivity contribution >= 4 is 17.5 Å². The number of para-hydroxylation sites is 1. The summed E-state index contributed by atoms with van der Waals surface area (Å²) in [5, 5.41) is 0.0360. The average Bonchev–Trinajstić information content (AvgIpc) is 3.23. The van der Waals surface area contributed by atoms with Gasteiger partial charge in [-0.25, -0.2) is 0 Å². The van der Waals surface area contributed by atoms with Crippen molar-refractivity contribution in [1.82, 2.24) is 0 Å². The van der Waals surface area contributed by atoms with Crippen molar-refractivity contribution in [3.05, 3.63) is 60.2 Å². The summed E-state index contributed by atoms with van der Waals surface area (Å²) < 4.78 is 11.3. The minimum Gasteiger partial charge on any atom is -0.457 e. The molecule has 3 nitrogen and oxygen atoms in total. The molecule has 0 saturated heterocycles. The minimum atomic E-state index is 0.0360. The van der Waals surface area contributed by atoms with Crippen LogP contribution in [0.3, 0.4) is 0 Å². The number of carbonyl (C=O) groups excluding carboxylic acids is 1. The van der Waals surface area contributed by atoms with E-state index >= 15 is 0 Å². The highest BCUT2D eigenvalue weighted by atomic mass is 32.2. The molecule has 0 aliphatic heterocycles. The Kier molecular flexibility index (Phi) is 7.79. The van der Waals surface area contributed by atoms with E-state index in [0.717, 1.165) is 42.3 Å². The molecular formula is C23H28O3S. The zero-order chi connectivity index (χ0) is 18.9. The molecule has 27 heavy (non-hydrogen) atoms. The normalized spacial score (nSPS) is 15.6. The van der Waals surface area contributed by atoms with E-state index in [9.17, 15) is 4.79 Å². The molecular weight excluding hydrogens is 356 g/mol. The van der Waals surface area contributed by atoms with E-state index in [1.807, 2.05) is 61.5 Å². The van der Waals surface area contributed by atoms with Crippen molar-refractivity contribution in [1.29, 1.82) is 0 Å². The van der Waals surface area contributed by atoms with Gasteiger partial charge in [-0.2, -0.15) is 0 Å². The van der Waals surface area contributed by atoms with Crippen LogP contribution in [-0.4, -0.2) is 30.0 Å². The zero-order valence-corrected chi connectivity index (χ0v) is 16.8. The molecule has 0 radical (unpaired) electrons. The number of ketones is 1. The van der Waals surface area contributed by atoms with Crippen LogP contribution in [0, 0.1) is 5.92 Å². The summed E-state index contributed by atoms with van der Waals surface area (Å²) in [5.41, 5.74) is 0.774. The number of carbonyl (C=O) groups is 1. The molecule has 1 fully saturated rings. The minimum absolute atomic E-state index is 0.0360. The smallest absolute Gasteiger partial charge is 0.176 e. The van der Waals surface area contributed by atoms with Gasteiger partial charge in [0.1, 0.15) is 11.5 Å². The second-order valence-corrected chi connectivity index (χ2v) is 8.09. The second kappa shape index (κ2) is 10.5. The first-order valence-corrected chi connectivity index (χ1v) is 10.9. The lowest BCUT2D eigenvalue weighted by atomic mass is 9.96. The van der Waals surface area contributed by atoms with Gasteiger partial charge in [0.15, 0.2) is 5.78 Å². The van der Waals surface area contributed by atoms with Gasteiger partial charge in [0.25, 0.3) is 0 Å². The third-order valence-corrected chi connectivity index (χ3v) is 6.29. The Labute approximate surface area is 166 Å². The molecule has 1 aliphatic carbocycles. The van der Waals surface area contributed by atoms with Crippen molar-refractivity contribution in [2.75, 3.05) is 19.0 Å². The van der Waals surface area contributed by atoms with Gasteiger partial charge in [-0.3, -0.25) is 4.79 Å². The number of Topliss-reactive ketones (excluding diaryl/α,β-unsaturated/α-hetero) is 1. The van der Waals surface area contributed by atoms with Crippen LogP contribution in [0.2, 0.25) is 0 Å². The predicted molar refractivity (Wildman–Crippen MR) is 112 cm³/mol. The number of ether oxygens (including phenoxy) is 2. The molecule has 0 N–H and O–H groups in total. The van der Waals surface area contributed by atoms with E-state index in [1.165, 1.54) is 12.8 Å². The molecule has 2 aromatic carbocycles. The first kappa shape index (κ1) is 20.0. The van der Waals surface area contributed by atoms with Gasteiger partial charge in [0, 0.05) is 17.9 Å². The fraction of sp³-hybridized carbons (Fsp3) is 0.435. The highest BCUT2D eigenvalue weighted by Crippen LogP contribution is 2.36. The van der Waals surface area contributed by atoms with Crippen LogP contribution >= 0.6 is 11.8 Å². The maximum Gasteiger partial charge on any atom is 0.176 e. The summed E-state index contributed by atoms with van der Waals surface area (Å²) in [6, 6.07) is 17.2. The number of hydrogen-bond acceptors (Lipinski definition) is 4. The molecule has 4 heteroatoms. The van der Waals surface area contributed by atoms with Crippen molar-refractivity contribution < 1.29 is 14.3 Å². The number of benzene rings is 2. The summed E-state index contributed by atoms with van der Waals surface area (Å²) in [7, 11) is 0. The summed E-state index contributed by atoms with van der Waals surface area (Å²) in [4.78, 5) is 13.2. The van der Waals surface area contributed by atoms with Crippen LogP contribution in [0.5, 0.6) is 11.5 Å². The zero-order valence-electron chi connectivity index (χ0n) is 15.9. The Hall–Kier alpha value is -1.78. The molecule has 1 saturated carbocycles. The maximum absolute atomic E-state index is 13.2. The lowest BCUT2D eigenvalue weighted by Crippen LogP contribution is -2.26. The molecule has 0 aromatic heterocycles. The van der Waals surface area contributed by atoms with E-state index in [1.54, 1.807) is 11.8 Å². The van der Waals surface area contributed by atoms with Crippen molar-refractivity contribution in [3.63, 3.8) is 0 Å². The van der Waals surface area contributed by atoms with Gasteiger partial charge < -0.3 is 9.47 Å². The fourth-order valence-corrected chi connectivity index (χ4v) is 4.84. The van der Waals surface area contributed by atoms with E-state index in [2.05, 4.69) is 0 Å². The average molecular weight is 385 g/mol. The van der Waals surface area contributed by atoms with E-state index < -0.39 is 0 Å².